The normalized spacial score (nSPS) is 11.5. The summed E-state index contributed by atoms with van der Waals surface area (Å²) in [5, 5.41) is 6.12. The highest BCUT2D eigenvalue weighted by atomic mass is 79.9. The lowest BCUT2D eigenvalue weighted by Crippen LogP contribution is -2.20. The van der Waals surface area contributed by atoms with Crippen LogP contribution in [0.4, 0.5) is 0 Å². The van der Waals surface area contributed by atoms with E-state index in [9.17, 15) is 4.79 Å². The van der Waals surface area contributed by atoms with Crippen molar-refractivity contribution in [2.75, 3.05) is 0 Å². The first-order chi connectivity index (χ1) is 15.7. The molecule has 5 nitrogen and oxygen atoms in total. The highest BCUT2D eigenvalue weighted by Gasteiger charge is 2.11. The van der Waals surface area contributed by atoms with Crippen molar-refractivity contribution in [1.29, 1.82) is 0 Å². The molecule has 1 heterocycles. The molecule has 0 aliphatic heterocycles. The van der Waals surface area contributed by atoms with Gasteiger partial charge in [-0.1, -0.05) is 56.8 Å². The van der Waals surface area contributed by atoms with Gasteiger partial charge in [-0.05, 0) is 76.4 Å². The van der Waals surface area contributed by atoms with Crippen molar-refractivity contribution in [3.05, 3.63) is 99.8 Å². The zero-order valence-electron chi connectivity index (χ0n) is 17.0. The molecule has 4 aromatic rings. The summed E-state index contributed by atoms with van der Waals surface area (Å²) < 4.78 is 8.56. The first kappa shape index (κ1) is 24.2. The van der Waals surface area contributed by atoms with Gasteiger partial charge in [0.1, 0.15) is 12.4 Å². The number of nitrogens with zero attached hydrogens (tertiary/aromatic N) is 3. The van der Waals surface area contributed by atoms with Gasteiger partial charge in [0.25, 0.3) is 5.56 Å². The number of benzene rings is 3. The summed E-state index contributed by atoms with van der Waals surface area (Å²) in [5.41, 5.74) is 1.88. The fraction of sp³-hybridized carbons (Fsp3) is 0.0870. The van der Waals surface area contributed by atoms with Gasteiger partial charge in [-0.2, -0.15) is 9.78 Å². The van der Waals surface area contributed by atoms with E-state index in [1.165, 1.54) is 4.68 Å². The highest BCUT2D eigenvalue weighted by Crippen LogP contribution is 2.35. The van der Waals surface area contributed by atoms with E-state index < -0.39 is 0 Å². The molecule has 0 unspecified atom stereocenters. The van der Waals surface area contributed by atoms with Crippen LogP contribution in [-0.4, -0.2) is 15.9 Å². The van der Waals surface area contributed by atoms with Gasteiger partial charge in [-0.15, -0.1) is 0 Å². The van der Waals surface area contributed by atoms with Crippen molar-refractivity contribution >= 4 is 83.8 Å². The molecule has 3 aromatic carbocycles. The van der Waals surface area contributed by atoms with Crippen molar-refractivity contribution in [3.8, 4) is 5.75 Å². The molecule has 1 aromatic heterocycles. The van der Waals surface area contributed by atoms with Crippen molar-refractivity contribution in [2.45, 2.75) is 13.5 Å². The molecular formula is C23H14Br2Cl3N3O2. The number of halogens is 5. The minimum absolute atomic E-state index is 0.259. The van der Waals surface area contributed by atoms with E-state index in [-0.39, 0.29) is 12.2 Å². The monoisotopic (exact) mass is 627 g/mol. The molecule has 33 heavy (non-hydrogen) atoms. The van der Waals surface area contributed by atoms with Gasteiger partial charge in [-0.25, -0.2) is 4.98 Å². The number of hydrogen-bond donors (Lipinski definition) is 0. The third-order valence-electron chi connectivity index (χ3n) is 4.68. The van der Waals surface area contributed by atoms with Crippen LogP contribution in [0.2, 0.25) is 15.1 Å². The summed E-state index contributed by atoms with van der Waals surface area (Å²) in [6.07, 6.45) is 1.54. The van der Waals surface area contributed by atoms with Gasteiger partial charge in [-0.3, -0.25) is 4.79 Å². The van der Waals surface area contributed by atoms with Crippen molar-refractivity contribution in [2.24, 2.45) is 5.10 Å². The molecule has 0 spiro atoms. The molecule has 0 atom stereocenters. The lowest BCUT2D eigenvalue weighted by Gasteiger charge is -2.12. The summed E-state index contributed by atoms with van der Waals surface area (Å²) in [4.78, 5) is 17.4. The third-order valence-corrected chi connectivity index (χ3v) is 6.78. The second-order valence-corrected chi connectivity index (χ2v) is 10.0. The maximum Gasteiger partial charge on any atom is 0.282 e. The first-order valence-electron chi connectivity index (χ1n) is 9.52. The van der Waals surface area contributed by atoms with E-state index in [1.807, 2.05) is 12.1 Å². The molecule has 10 heteroatoms. The van der Waals surface area contributed by atoms with Crippen LogP contribution in [0.3, 0.4) is 0 Å². The van der Waals surface area contributed by atoms with E-state index in [4.69, 9.17) is 39.5 Å². The summed E-state index contributed by atoms with van der Waals surface area (Å²) in [6, 6.07) is 14.1. The molecule has 0 radical (unpaired) electrons. The van der Waals surface area contributed by atoms with Crippen LogP contribution >= 0.6 is 66.7 Å². The average Bonchev–Trinajstić information content (AvgIpc) is 2.76. The third kappa shape index (κ3) is 5.44. The van der Waals surface area contributed by atoms with Crippen LogP contribution in [0.1, 0.15) is 17.0 Å². The highest BCUT2D eigenvalue weighted by molar-refractivity contribution is 9.10. The smallest absolute Gasteiger partial charge is 0.282 e. The van der Waals surface area contributed by atoms with Gasteiger partial charge < -0.3 is 4.74 Å². The van der Waals surface area contributed by atoms with Crippen molar-refractivity contribution in [1.82, 2.24) is 9.66 Å². The zero-order chi connectivity index (χ0) is 23.7. The maximum absolute atomic E-state index is 12.9. The van der Waals surface area contributed by atoms with Gasteiger partial charge in [0.15, 0.2) is 5.75 Å². The molecular weight excluding hydrogens is 616 g/mol. The fourth-order valence-electron chi connectivity index (χ4n) is 3.10. The fourth-order valence-corrected chi connectivity index (χ4v) is 4.77. The predicted molar refractivity (Wildman–Crippen MR) is 141 cm³/mol. The van der Waals surface area contributed by atoms with Gasteiger partial charge in [0, 0.05) is 4.47 Å². The predicted octanol–water partition coefficient (Wildman–Crippen LogP) is 7.65. The first-order valence-corrected chi connectivity index (χ1v) is 12.2. The van der Waals surface area contributed by atoms with Crippen molar-refractivity contribution in [3.63, 3.8) is 0 Å². The molecule has 168 valence electrons. The molecule has 0 aliphatic rings. The standard InChI is InChI=1S/C23H14Br2Cl3N3O2/c1-12-30-21-5-3-15(24)9-16(21)23(32)31(12)29-10-14-6-17(25)22(20(28)8-14)33-11-13-2-4-18(26)19(27)7-13/h2-10H,11H2,1H3. The minimum atomic E-state index is -0.262. The van der Waals surface area contributed by atoms with E-state index >= 15 is 0 Å². The molecule has 0 amide bonds. The number of ether oxygens (including phenoxy) is 1. The Morgan fingerprint density at radius 1 is 1.03 bits per heavy atom. The Labute approximate surface area is 221 Å². The van der Waals surface area contributed by atoms with Gasteiger partial charge >= 0.3 is 0 Å². The number of rotatable bonds is 5. The quantitative estimate of drug-likeness (QED) is 0.213. The Balaban J connectivity index is 1.59. The number of aromatic nitrogens is 2. The van der Waals surface area contributed by atoms with Gasteiger partial charge in [0.2, 0.25) is 0 Å². The molecule has 0 N–H and O–H groups in total. The second kappa shape index (κ2) is 10.2. The van der Waals surface area contributed by atoms with Crippen LogP contribution in [-0.2, 0) is 6.61 Å². The Morgan fingerprint density at radius 2 is 1.82 bits per heavy atom. The average molecular weight is 631 g/mol. The summed E-state index contributed by atoms with van der Waals surface area (Å²) in [5.74, 6) is 0.947. The minimum Gasteiger partial charge on any atom is -0.486 e. The van der Waals surface area contributed by atoms with Crippen molar-refractivity contribution < 1.29 is 4.74 Å². The molecule has 0 bridgehead atoms. The summed E-state index contributed by atoms with van der Waals surface area (Å²) in [6.45, 7) is 1.98. The summed E-state index contributed by atoms with van der Waals surface area (Å²) >= 11 is 25.3. The van der Waals surface area contributed by atoms with Crippen LogP contribution < -0.4 is 10.3 Å². The number of fused-ring (bicyclic) bond motifs is 1. The van der Waals surface area contributed by atoms with E-state index in [0.717, 1.165) is 10.0 Å². The number of hydrogen-bond acceptors (Lipinski definition) is 4. The topological polar surface area (TPSA) is 56.5 Å². The number of aryl methyl sites for hydroxylation is 1. The Bertz CT molecular complexity index is 1450. The summed E-state index contributed by atoms with van der Waals surface area (Å²) in [7, 11) is 0. The van der Waals surface area contributed by atoms with Crippen LogP contribution in [0, 0.1) is 6.92 Å². The SMILES string of the molecule is Cc1nc2ccc(Br)cc2c(=O)n1N=Cc1cc(Cl)c(OCc2ccc(Cl)c(Cl)c2)c(Br)c1. The molecule has 0 saturated heterocycles. The second-order valence-electron chi connectivity index (χ2n) is 7.03. The van der Waals surface area contributed by atoms with Crippen LogP contribution in [0.15, 0.2) is 67.4 Å². The van der Waals surface area contributed by atoms with E-state index in [0.29, 0.717) is 47.6 Å². The Morgan fingerprint density at radius 3 is 2.55 bits per heavy atom. The Hall–Kier alpha value is -1.90. The largest absolute Gasteiger partial charge is 0.486 e. The molecule has 0 saturated carbocycles. The lowest BCUT2D eigenvalue weighted by molar-refractivity contribution is 0.304. The lowest BCUT2D eigenvalue weighted by atomic mass is 10.2. The van der Waals surface area contributed by atoms with E-state index in [1.54, 1.807) is 49.5 Å². The Kier molecular flexibility index (Phi) is 7.46. The molecule has 4 rings (SSSR count). The maximum atomic E-state index is 12.9. The van der Waals surface area contributed by atoms with Crippen LogP contribution in [0.5, 0.6) is 5.75 Å². The molecule has 0 fully saturated rings. The van der Waals surface area contributed by atoms with Crippen LogP contribution in [0.25, 0.3) is 10.9 Å². The van der Waals surface area contributed by atoms with E-state index in [2.05, 4.69) is 41.9 Å². The zero-order valence-corrected chi connectivity index (χ0v) is 22.4. The van der Waals surface area contributed by atoms with Gasteiger partial charge in [0.05, 0.1) is 36.7 Å². The molecule has 0 aliphatic carbocycles.